The van der Waals surface area contributed by atoms with E-state index in [-0.39, 0.29) is 17.5 Å². The predicted molar refractivity (Wildman–Crippen MR) is 97.0 cm³/mol. The van der Waals surface area contributed by atoms with Crippen LogP contribution in [0.4, 0.5) is 15.8 Å². The molecule has 25 heavy (non-hydrogen) atoms. The van der Waals surface area contributed by atoms with Crippen molar-refractivity contribution in [2.75, 3.05) is 37.0 Å². The average Bonchev–Trinajstić information content (AvgIpc) is 2.61. The van der Waals surface area contributed by atoms with Crippen molar-refractivity contribution in [3.63, 3.8) is 0 Å². The van der Waals surface area contributed by atoms with Crippen LogP contribution in [-0.4, -0.2) is 32.3 Å². The standard InChI is InChI=1S/C18H20ClFN2O3/c1-2-24-8-9-25-15-5-3-4-13(10-15)21-12-18(23)22-14-6-7-17(20)16(19)11-14/h3-7,10-11,21H,2,8-9,12H2,1H3,(H,22,23). The average molecular weight is 367 g/mol. The molecule has 134 valence electrons. The molecule has 0 heterocycles. The molecule has 0 atom stereocenters. The summed E-state index contributed by atoms with van der Waals surface area (Å²) in [6.45, 7) is 3.62. The minimum Gasteiger partial charge on any atom is -0.491 e. The molecule has 0 spiro atoms. The molecule has 2 rings (SSSR count). The quantitative estimate of drug-likeness (QED) is 0.660. The number of hydrogen-bond acceptors (Lipinski definition) is 4. The van der Waals surface area contributed by atoms with Gasteiger partial charge in [0.1, 0.15) is 18.2 Å². The van der Waals surface area contributed by atoms with E-state index >= 15 is 0 Å². The van der Waals surface area contributed by atoms with Crippen LogP contribution in [0.15, 0.2) is 42.5 Å². The summed E-state index contributed by atoms with van der Waals surface area (Å²) >= 11 is 5.68. The number of anilines is 2. The fraction of sp³-hybridized carbons (Fsp3) is 0.278. The van der Waals surface area contributed by atoms with E-state index in [0.717, 1.165) is 5.69 Å². The highest BCUT2D eigenvalue weighted by atomic mass is 35.5. The van der Waals surface area contributed by atoms with Crippen molar-refractivity contribution >= 4 is 28.9 Å². The lowest BCUT2D eigenvalue weighted by Crippen LogP contribution is -2.21. The second-order valence-electron chi connectivity index (χ2n) is 5.10. The van der Waals surface area contributed by atoms with Gasteiger partial charge in [0, 0.05) is 24.0 Å². The van der Waals surface area contributed by atoms with Gasteiger partial charge >= 0.3 is 0 Å². The molecule has 2 aromatic rings. The molecule has 0 aliphatic heterocycles. The fourth-order valence-corrected chi connectivity index (χ4v) is 2.20. The van der Waals surface area contributed by atoms with Gasteiger partial charge in [-0.25, -0.2) is 4.39 Å². The number of benzene rings is 2. The van der Waals surface area contributed by atoms with Crippen molar-refractivity contribution in [2.24, 2.45) is 0 Å². The Morgan fingerprint density at radius 2 is 2.00 bits per heavy atom. The molecule has 0 saturated heterocycles. The number of halogens is 2. The first-order chi connectivity index (χ1) is 12.1. The van der Waals surface area contributed by atoms with Gasteiger partial charge in [-0.3, -0.25) is 4.79 Å². The number of rotatable bonds is 9. The van der Waals surface area contributed by atoms with E-state index in [0.29, 0.717) is 31.3 Å². The van der Waals surface area contributed by atoms with Crippen LogP contribution < -0.4 is 15.4 Å². The van der Waals surface area contributed by atoms with E-state index in [1.165, 1.54) is 18.2 Å². The van der Waals surface area contributed by atoms with Crippen LogP contribution in [0.5, 0.6) is 5.75 Å². The first-order valence-electron chi connectivity index (χ1n) is 7.88. The smallest absolute Gasteiger partial charge is 0.243 e. The first kappa shape index (κ1) is 19.0. The molecule has 0 saturated carbocycles. The van der Waals surface area contributed by atoms with Crippen LogP contribution in [0.25, 0.3) is 0 Å². The summed E-state index contributed by atoms with van der Waals surface area (Å²) in [5.41, 5.74) is 1.19. The lowest BCUT2D eigenvalue weighted by Gasteiger charge is -2.10. The third-order valence-corrected chi connectivity index (χ3v) is 3.48. The molecule has 2 N–H and O–H groups in total. The Bertz CT molecular complexity index is 712. The molecule has 0 unspecified atom stereocenters. The SMILES string of the molecule is CCOCCOc1cccc(NCC(=O)Nc2ccc(F)c(Cl)c2)c1. The lowest BCUT2D eigenvalue weighted by molar-refractivity contribution is -0.114. The van der Waals surface area contributed by atoms with Crippen molar-refractivity contribution in [2.45, 2.75) is 6.92 Å². The zero-order chi connectivity index (χ0) is 18.1. The molecule has 0 aromatic heterocycles. The van der Waals surface area contributed by atoms with E-state index in [9.17, 15) is 9.18 Å². The molecule has 0 fully saturated rings. The van der Waals surface area contributed by atoms with Gasteiger partial charge < -0.3 is 20.1 Å². The number of amides is 1. The maximum atomic E-state index is 13.1. The zero-order valence-corrected chi connectivity index (χ0v) is 14.6. The maximum Gasteiger partial charge on any atom is 0.243 e. The lowest BCUT2D eigenvalue weighted by atomic mass is 10.3. The number of ether oxygens (including phenoxy) is 2. The van der Waals surface area contributed by atoms with Crippen LogP contribution >= 0.6 is 11.6 Å². The second-order valence-corrected chi connectivity index (χ2v) is 5.51. The maximum absolute atomic E-state index is 13.1. The number of nitrogens with one attached hydrogen (secondary N) is 2. The third kappa shape index (κ3) is 6.60. The van der Waals surface area contributed by atoms with E-state index in [1.807, 2.05) is 25.1 Å². The molecule has 0 radical (unpaired) electrons. The van der Waals surface area contributed by atoms with E-state index in [4.69, 9.17) is 21.1 Å². The Balaban J connectivity index is 1.81. The number of carbonyl (C=O) groups is 1. The van der Waals surface area contributed by atoms with Crippen LogP contribution in [0.1, 0.15) is 6.92 Å². The van der Waals surface area contributed by atoms with Gasteiger partial charge in [0.15, 0.2) is 0 Å². The Morgan fingerprint density at radius 1 is 1.16 bits per heavy atom. The van der Waals surface area contributed by atoms with Gasteiger partial charge in [-0.1, -0.05) is 17.7 Å². The molecule has 5 nitrogen and oxygen atoms in total. The van der Waals surface area contributed by atoms with Crippen molar-refractivity contribution in [1.29, 1.82) is 0 Å². The summed E-state index contributed by atoms with van der Waals surface area (Å²) in [4.78, 5) is 12.0. The van der Waals surface area contributed by atoms with Gasteiger partial charge in [-0.05, 0) is 37.3 Å². The van der Waals surface area contributed by atoms with Crippen molar-refractivity contribution < 1.29 is 18.7 Å². The summed E-state index contributed by atoms with van der Waals surface area (Å²) < 4.78 is 23.9. The van der Waals surface area contributed by atoms with Gasteiger partial charge in [0.25, 0.3) is 0 Å². The van der Waals surface area contributed by atoms with Crippen molar-refractivity contribution in [3.05, 3.63) is 53.3 Å². The van der Waals surface area contributed by atoms with Crippen LogP contribution in [0.3, 0.4) is 0 Å². The van der Waals surface area contributed by atoms with Crippen LogP contribution in [0.2, 0.25) is 5.02 Å². The molecule has 0 bridgehead atoms. The van der Waals surface area contributed by atoms with Gasteiger partial charge in [-0.2, -0.15) is 0 Å². The summed E-state index contributed by atoms with van der Waals surface area (Å²) in [6.07, 6.45) is 0. The fourth-order valence-electron chi connectivity index (χ4n) is 2.02. The normalized spacial score (nSPS) is 10.4. The molecular weight excluding hydrogens is 347 g/mol. The third-order valence-electron chi connectivity index (χ3n) is 3.19. The minimum absolute atomic E-state index is 0.0392. The topological polar surface area (TPSA) is 59.6 Å². The highest BCUT2D eigenvalue weighted by Crippen LogP contribution is 2.20. The summed E-state index contributed by atoms with van der Waals surface area (Å²) in [5.74, 6) is -0.111. The predicted octanol–water partition coefficient (Wildman–Crippen LogP) is 3.95. The van der Waals surface area contributed by atoms with Crippen molar-refractivity contribution in [3.8, 4) is 5.75 Å². The Morgan fingerprint density at radius 3 is 2.76 bits per heavy atom. The number of hydrogen-bond donors (Lipinski definition) is 2. The number of carbonyl (C=O) groups excluding carboxylic acids is 1. The first-order valence-corrected chi connectivity index (χ1v) is 8.25. The van der Waals surface area contributed by atoms with Crippen molar-refractivity contribution in [1.82, 2.24) is 0 Å². The Labute approximate surface area is 151 Å². The van der Waals surface area contributed by atoms with Gasteiger partial charge in [0.2, 0.25) is 5.91 Å². The largest absolute Gasteiger partial charge is 0.491 e. The summed E-state index contributed by atoms with van der Waals surface area (Å²) in [7, 11) is 0. The molecule has 7 heteroatoms. The van der Waals surface area contributed by atoms with E-state index in [2.05, 4.69) is 10.6 Å². The van der Waals surface area contributed by atoms with Crippen LogP contribution in [0, 0.1) is 5.82 Å². The zero-order valence-electron chi connectivity index (χ0n) is 13.9. The van der Waals surface area contributed by atoms with Gasteiger partial charge in [-0.15, -0.1) is 0 Å². The monoisotopic (exact) mass is 366 g/mol. The second kappa shape index (κ2) is 9.86. The van der Waals surface area contributed by atoms with E-state index < -0.39 is 5.82 Å². The Kier molecular flexibility index (Phi) is 7.50. The summed E-state index contributed by atoms with van der Waals surface area (Å²) in [5, 5.41) is 5.61. The molecule has 0 aliphatic rings. The van der Waals surface area contributed by atoms with Crippen LogP contribution in [-0.2, 0) is 9.53 Å². The van der Waals surface area contributed by atoms with Gasteiger partial charge in [0.05, 0.1) is 18.2 Å². The molecule has 1 amide bonds. The highest BCUT2D eigenvalue weighted by molar-refractivity contribution is 6.31. The summed E-state index contributed by atoms with van der Waals surface area (Å²) in [6, 6.07) is 11.3. The highest BCUT2D eigenvalue weighted by Gasteiger charge is 2.06. The molecular formula is C18H20ClFN2O3. The van der Waals surface area contributed by atoms with E-state index in [1.54, 1.807) is 6.07 Å². The molecule has 2 aromatic carbocycles. The Hall–Kier alpha value is -2.31. The minimum atomic E-state index is -0.529. The molecule has 0 aliphatic carbocycles.